The maximum atomic E-state index is 13.0. The van der Waals surface area contributed by atoms with Crippen molar-refractivity contribution in [2.75, 3.05) is 0 Å². The first-order chi connectivity index (χ1) is 12.5. The molecule has 0 saturated carbocycles. The lowest BCUT2D eigenvalue weighted by Gasteiger charge is -2.05. The van der Waals surface area contributed by atoms with Crippen LogP contribution in [-0.4, -0.2) is 19.7 Å². The van der Waals surface area contributed by atoms with Gasteiger partial charge >= 0.3 is 0 Å². The van der Waals surface area contributed by atoms with Crippen molar-refractivity contribution in [2.24, 2.45) is 0 Å². The number of nitrogens with zero attached hydrogens (tertiary/aromatic N) is 4. The van der Waals surface area contributed by atoms with E-state index in [2.05, 4.69) is 15.1 Å². The molecule has 0 N–H and O–H groups in total. The van der Waals surface area contributed by atoms with Gasteiger partial charge in [0.05, 0.1) is 28.8 Å². The molecule has 26 heavy (non-hydrogen) atoms. The van der Waals surface area contributed by atoms with Gasteiger partial charge in [-0.1, -0.05) is 28.4 Å². The van der Waals surface area contributed by atoms with Gasteiger partial charge < -0.3 is 4.52 Å². The Morgan fingerprint density at radius 2 is 1.92 bits per heavy atom. The van der Waals surface area contributed by atoms with Crippen LogP contribution in [0.15, 0.2) is 52.0 Å². The molecular weight excluding hydrogens is 382 g/mol. The van der Waals surface area contributed by atoms with Crippen molar-refractivity contribution in [1.82, 2.24) is 19.7 Å². The van der Waals surface area contributed by atoms with Gasteiger partial charge in [0.15, 0.2) is 5.82 Å². The largest absolute Gasteiger partial charge is 0.334 e. The van der Waals surface area contributed by atoms with Crippen molar-refractivity contribution in [1.29, 1.82) is 0 Å². The maximum absolute atomic E-state index is 13.0. The van der Waals surface area contributed by atoms with Crippen LogP contribution in [0.1, 0.15) is 5.82 Å². The van der Waals surface area contributed by atoms with E-state index in [1.807, 2.05) is 0 Å². The standard InChI is InChI=1S/C17H9Cl2FN4O2/c18-10-5-12-15(13(19)6-10)21-8-24(17(12)25)7-14-22-16(26-23-14)9-1-3-11(20)4-2-9/h1-6,8H,7H2. The Morgan fingerprint density at radius 3 is 2.69 bits per heavy atom. The zero-order chi connectivity index (χ0) is 18.3. The zero-order valence-electron chi connectivity index (χ0n) is 13.0. The molecule has 9 heteroatoms. The molecule has 0 spiro atoms. The smallest absolute Gasteiger partial charge is 0.261 e. The van der Waals surface area contributed by atoms with Gasteiger partial charge in [0.25, 0.3) is 11.4 Å². The fraction of sp³-hybridized carbons (Fsp3) is 0.0588. The summed E-state index contributed by atoms with van der Waals surface area (Å²) < 4.78 is 19.5. The lowest BCUT2D eigenvalue weighted by Crippen LogP contribution is -2.21. The minimum absolute atomic E-state index is 0.0522. The van der Waals surface area contributed by atoms with E-state index in [1.165, 1.54) is 47.3 Å². The number of rotatable bonds is 3. The molecule has 0 saturated heterocycles. The quantitative estimate of drug-likeness (QED) is 0.529. The van der Waals surface area contributed by atoms with Crippen molar-refractivity contribution in [3.63, 3.8) is 0 Å². The Hall–Kier alpha value is -2.77. The molecule has 6 nitrogen and oxygen atoms in total. The van der Waals surface area contributed by atoms with E-state index in [0.29, 0.717) is 26.5 Å². The average Bonchev–Trinajstić information content (AvgIpc) is 3.07. The number of aromatic nitrogens is 4. The lowest BCUT2D eigenvalue weighted by molar-refractivity contribution is 0.420. The van der Waals surface area contributed by atoms with Gasteiger partial charge in [-0.3, -0.25) is 9.36 Å². The molecule has 0 unspecified atom stereocenters. The van der Waals surface area contributed by atoms with Gasteiger partial charge in [-0.15, -0.1) is 0 Å². The molecule has 2 heterocycles. The summed E-state index contributed by atoms with van der Waals surface area (Å²) in [6.45, 7) is 0.0522. The lowest BCUT2D eigenvalue weighted by atomic mass is 10.2. The van der Waals surface area contributed by atoms with Gasteiger partial charge in [-0.2, -0.15) is 4.98 Å². The van der Waals surface area contributed by atoms with Gasteiger partial charge in [0.2, 0.25) is 0 Å². The van der Waals surface area contributed by atoms with Gasteiger partial charge in [-0.05, 0) is 36.4 Å². The van der Waals surface area contributed by atoms with Crippen LogP contribution >= 0.6 is 23.2 Å². The highest BCUT2D eigenvalue weighted by Gasteiger charge is 2.13. The molecule has 0 bridgehead atoms. The van der Waals surface area contributed by atoms with Crippen LogP contribution in [0, 0.1) is 5.82 Å². The average molecular weight is 391 g/mol. The van der Waals surface area contributed by atoms with Crippen LogP contribution in [0.4, 0.5) is 4.39 Å². The first-order valence-electron chi connectivity index (χ1n) is 7.44. The zero-order valence-corrected chi connectivity index (χ0v) is 14.5. The first kappa shape index (κ1) is 16.7. The molecule has 0 aliphatic carbocycles. The van der Waals surface area contributed by atoms with E-state index < -0.39 is 0 Å². The minimum Gasteiger partial charge on any atom is -0.334 e. The second kappa shape index (κ2) is 6.51. The SMILES string of the molecule is O=c1c2cc(Cl)cc(Cl)c2ncn1Cc1noc(-c2ccc(F)cc2)n1. The van der Waals surface area contributed by atoms with Crippen LogP contribution in [-0.2, 0) is 6.54 Å². The molecule has 130 valence electrons. The summed E-state index contributed by atoms with van der Waals surface area (Å²) in [5.41, 5.74) is 0.623. The highest BCUT2D eigenvalue weighted by Crippen LogP contribution is 2.24. The Labute approximate surface area is 155 Å². The van der Waals surface area contributed by atoms with Crippen LogP contribution in [0.25, 0.3) is 22.4 Å². The maximum Gasteiger partial charge on any atom is 0.261 e. The van der Waals surface area contributed by atoms with Crippen molar-refractivity contribution >= 4 is 34.1 Å². The molecule has 0 amide bonds. The van der Waals surface area contributed by atoms with Crippen LogP contribution < -0.4 is 5.56 Å². The summed E-state index contributed by atoms with van der Waals surface area (Å²) in [5.74, 6) is 0.146. The molecule has 0 aliphatic rings. The van der Waals surface area contributed by atoms with Gasteiger partial charge in [0, 0.05) is 10.6 Å². The first-order valence-corrected chi connectivity index (χ1v) is 8.19. The van der Waals surface area contributed by atoms with E-state index in [1.54, 1.807) is 0 Å². The summed E-state index contributed by atoms with van der Waals surface area (Å²) in [5, 5.41) is 4.79. The molecule has 0 fully saturated rings. The second-order valence-electron chi connectivity index (χ2n) is 5.48. The molecule has 4 rings (SSSR count). The summed E-state index contributed by atoms with van der Waals surface area (Å²) in [6.07, 6.45) is 1.36. The normalized spacial score (nSPS) is 11.2. The highest BCUT2D eigenvalue weighted by atomic mass is 35.5. The molecule has 4 aromatic rings. The van der Waals surface area contributed by atoms with Crippen LogP contribution in [0.5, 0.6) is 0 Å². The van der Waals surface area contributed by atoms with E-state index in [0.717, 1.165) is 0 Å². The predicted octanol–water partition coefficient (Wildman–Crippen LogP) is 3.94. The summed E-state index contributed by atoms with van der Waals surface area (Å²) in [7, 11) is 0. The third-order valence-electron chi connectivity index (χ3n) is 3.72. The molecule has 2 aromatic heterocycles. The summed E-state index contributed by atoms with van der Waals surface area (Å²) in [4.78, 5) is 21.0. The van der Waals surface area contributed by atoms with Crippen molar-refractivity contribution in [2.45, 2.75) is 6.54 Å². The van der Waals surface area contributed by atoms with Gasteiger partial charge in [-0.25, -0.2) is 9.37 Å². The van der Waals surface area contributed by atoms with E-state index in [4.69, 9.17) is 27.7 Å². The Morgan fingerprint density at radius 1 is 1.15 bits per heavy atom. The summed E-state index contributed by atoms with van der Waals surface area (Å²) >= 11 is 12.0. The third kappa shape index (κ3) is 3.07. The fourth-order valence-corrected chi connectivity index (χ4v) is 3.03. The predicted molar refractivity (Wildman–Crippen MR) is 94.8 cm³/mol. The van der Waals surface area contributed by atoms with Crippen LogP contribution in [0.2, 0.25) is 10.0 Å². The number of hydrogen-bond acceptors (Lipinski definition) is 5. The number of benzene rings is 2. The molecular formula is C17H9Cl2FN4O2. The molecule has 2 aromatic carbocycles. The third-order valence-corrected chi connectivity index (χ3v) is 4.22. The van der Waals surface area contributed by atoms with E-state index >= 15 is 0 Å². The Bertz CT molecular complexity index is 1170. The number of halogens is 3. The van der Waals surface area contributed by atoms with Crippen molar-refractivity contribution in [3.05, 3.63) is 74.8 Å². The van der Waals surface area contributed by atoms with E-state index in [-0.39, 0.29) is 29.6 Å². The second-order valence-corrected chi connectivity index (χ2v) is 6.33. The minimum atomic E-state index is -0.361. The van der Waals surface area contributed by atoms with E-state index in [9.17, 15) is 9.18 Å². The Kier molecular flexibility index (Phi) is 4.18. The summed E-state index contributed by atoms with van der Waals surface area (Å²) in [6, 6.07) is 8.68. The highest BCUT2D eigenvalue weighted by molar-refractivity contribution is 6.38. The van der Waals surface area contributed by atoms with Gasteiger partial charge in [0.1, 0.15) is 5.82 Å². The Balaban J connectivity index is 1.69. The molecule has 0 radical (unpaired) electrons. The van der Waals surface area contributed by atoms with Crippen molar-refractivity contribution < 1.29 is 8.91 Å². The number of fused-ring (bicyclic) bond motifs is 1. The molecule has 0 aliphatic heterocycles. The van der Waals surface area contributed by atoms with Crippen molar-refractivity contribution in [3.8, 4) is 11.5 Å². The topological polar surface area (TPSA) is 73.8 Å². The molecule has 0 atom stereocenters. The monoisotopic (exact) mass is 390 g/mol. The van der Waals surface area contributed by atoms with Crippen LogP contribution in [0.3, 0.4) is 0 Å². The fourth-order valence-electron chi connectivity index (χ4n) is 2.49. The number of hydrogen-bond donors (Lipinski definition) is 0.